The molecule has 0 aliphatic carbocycles. The van der Waals surface area contributed by atoms with Gasteiger partial charge in [-0.25, -0.2) is 0 Å². The molecule has 0 atom stereocenters. The molecule has 2 N–H and O–H groups in total. The molecule has 0 unspecified atom stereocenters. The number of nitrogens with one attached hydrogen (secondary N) is 2. The first-order valence-electron chi connectivity index (χ1n) is 7.66. The molecule has 0 spiro atoms. The fourth-order valence-electron chi connectivity index (χ4n) is 1.99. The minimum absolute atomic E-state index is 0.560. The van der Waals surface area contributed by atoms with Crippen molar-refractivity contribution in [1.29, 1.82) is 0 Å². The van der Waals surface area contributed by atoms with Crippen molar-refractivity contribution in [2.24, 2.45) is 0 Å². The molecular formula is C18H23N3OS. The van der Waals surface area contributed by atoms with Gasteiger partial charge in [-0.1, -0.05) is 6.92 Å². The number of ether oxygens (including phenoxy) is 1. The zero-order chi connectivity index (χ0) is 16.7. The summed E-state index contributed by atoms with van der Waals surface area (Å²) >= 11 is 5.34. The molecule has 0 heterocycles. The van der Waals surface area contributed by atoms with Crippen LogP contribution in [0.3, 0.4) is 0 Å². The van der Waals surface area contributed by atoms with Crippen LogP contribution in [0.5, 0.6) is 5.75 Å². The van der Waals surface area contributed by atoms with E-state index in [1.165, 1.54) is 0 Å². The highest BCUT2D eigenvalue weighted by molar-refractivity contribution is 7.80. The van der Waals surface area contributed by atoms with Gasteiger partial charge in [0.2, 0.25) is 0 Å². The summed E-state index contributed by atoms with van der Waals surface area (Å²) in [5.74, 6) is 0.871. The van der Waals surface area contributed by atoms with Crippen molar-refractivity contribution >= 4 is 34.4 Å². The summed E-state index contributed by atoms with van der Waals surface area (Å²) < 4.78 is 5.56. The minimum atomic E-state index is 0.560. The Hall–Kier alpha value is -2.27. The van der Waals surface area contributed by atoms with Gasteiger partial charge >= 0.3 is 0 Å². The number of nitrogens with zero attached hydrogens (tertiary/aromatic N) is 1. The van der Waals surface area contributed by atoms with E-state index in [0.29, 0.717) is 5.11 Å². The summed E-state index contributed by atoms with van der Waals surface area (Å²) in [7, 11) is 4.03. The van der Waals surface area contributed by atoms with Crippen molar-refractivity contribution in [1.82, 2.24) is 0 Å². The standard InChI is InChI=1S/C18H23N3OS/c1-4-13-22-17-11-7-15(8-12-17)20-18(23)19-14-5-9-16(10-6-14)21(2)3/h5-12H,4,13H2,1-3H3,(H2,19,20,23). The molecule has 0 amide bonds. The quantitative estimate of drug-likeness (QED) is 0.771. The third-order valence-electron chi connectivity index (χ3n) is 3.23. The van der Waals surface area contributed by atoms with Gasteiger partial charge in [-0.3, -0.25) is 0 Å². The fraction of sp³-hybridized carbons (Fsp3) is 0.278. The van der Waals surface area contributed by atoms with Gasteiger partial charge in [-0.05, 0) is 67.2 Å². The topological polar surface area (TPSA) is 36.5 Å². The minimum Gasteiger partial charge on any atom is -0.494 e. The Morgan fingerprint density at radius 1 is 0.957 bits per heavy atom. The average molecular weight is 329 g/mol. The van der Waals surface area contributed by atoms with Crippen LogP contribution >= 0.6 is 12.2 Å². The molecule has 0 saturated carbocycles. The molecule has 2 rings (SSSR count). The zero-order valence-corrected chi connectivity index (χ0v) is 14.6. The SMILES string of the molecule is CCCOc1ccc(NC(=S)Nc2ccc(N(C)C)cc2)cc1. The van der Waals surface area contributed by atoms with Crippen molar-refractivity contribution in [3.8, 4) is 5.75 Å². The lowest BCUT2D eigenvalue weighted by atomic mass is 10.2. The van der Waals surface area contributed by atoms with E-state index in [4.69, 9.17) is 17.0 Å². The highest BCUT2D eigenvalue weighted by Crippen LogP contribution is 2.18. The Kier molecular flexibility index (Phi) is 6.23. The second kappa shape index (κ2) is 8.39. The van der Waals surface area contributed by atoms with Gasteiger partial charge < -0.3 is 20.3 Å². The first kappa shape index (κ1) is 17.1. The molecule has 0 radical (unpaired) electrons. The van der Waals surface area contributed by atoms with Crippen LogP contribution in [0.4, 0.5) is 17.1 Å². The third-order valence-corrected chi connectivity index (χ3v) is 3.43. The number of benzene rings is 2. The molecule has 0 aliphatic heterocycles. The van der Waals surface area contributed by atoms with Gasteiger partial charge in [0.05, 0.1) is 6.61 Å². The predicted molar refractivity (Wildman–Crippen MR) is 103 cm³/mol. The first-order chi connectivity index (χ1) is 11.1. The zero-order valence-electron chi connectivity index (χ0n) is 13.8. The predicted octanol–water partition coefficient (Wildman–Crippen LogP) is 4.35. The Balaban J connectivity index is 1.88. The van der Waals surface area contributed by atoms with Gasteiger partial charge in [0.15, 0.2) is 5.11 Å². The number of anilines is 3. The molecule has 0 aromatic heterocycles. The lowest BCUT2D eigenvalue weighted by Crippen LogP contribution is -2.19. The van der Waals surface area contributed by atoms with Crippen LogP contribution in [0.1, 0.15) is 13.3 Å². The maximum absolute atomic E-state index is 5.56. The fourth-order valence-corrected chi connectivity index (χ4v) is 2.23. The van der Waals surface area contributed by atoms with Crippen LogP contribution in [0.15, 0.2) is 48.5 Å². The van der Waals surface area contributed by atoms with Crippen molar-refractivity contribution in [2.75, 3.05) is 36.2 Å². The molecule has 122 valence electrons. The Labute approximate surface area is 143 Å². The molecule has 0 bridgehead atoms. The van der Waals surface area contributed by atoms with Crippen LogP contribution < -0.4 is 20.3 Å². The number of thiocarbonyl (C=S) groups is 1. The largest absolute Gasteiger partial charge is 0.494 e. The average Bonchev–Trinajstić information content (AvgIpc) is 2.54. The molecule has 23 heavy (non-hydrogen) atoms. The second-order valence-electron chi connectivity index (χ2n) is 5.39. The van der Waals surface area contributed by atoms with Crippen molar-refractivity contribution in [3.05, 3.63) is 48.5 Å². The van der Waals surface area contributed by atoms with E-state index in [9.17, 15) is 0 Å². The van der Waals surface area contributed by atoms with Crippen LogP contribution in [0.2, 0.25) is 0 Å². The number of hydrogen-bond donors (Lipinski definition) is 2. The molecule has 2 aromatic carbocycles. The summed E-state index contributed by atoms with van der Waals surface area (Å²) in [6.07, 6.45) is 1.00. The van der Waals surface area contributed by atoms with Crippen molar-refractivity contribution in [2.45, 2.75) is 13.3 Å². The molecule has 0 saturated heterocycles. The van der Waals surface area contributed by atoms with Crippen molar-refractivity contribution < 1.29 is 4.74 Å². The Morgan fingerprint density at radius 2 is 1.48 bits per heavy atom. The van der Waals surface area contributed by atoms with Gasteiger partial charge in [-0.15, -0.1) is 0 Å². The molecule has 0 aliphatic rings. The maximum atomic E-state index is 5.56. The summed E-state index contributed by atoms with van der Waals surface area (Å²) in [6.45, 7) is 2.82. The third kappa shape index (κ3) is 5.45. The summed E-state index contributed by atoms with van der Waals surface area (Å²) in [5, 5.41) is 6.90. The van der Waals surface area contributed by atoms with E-state index in [2.05, 4.69) is 22.5 Å². The Bertz CT molecular complexity index is 624. The molecule has 0 fully saturated rings. The molecule has 4 nitrogen and oxygen atoms in total. The van der Waals surface area contributed by atoms with E-state index in [1.54, 1.807) is 0 Å². The summed E-state index contributed by atoms with van der Waals surface area (Å²) in [4.78, 5) is 2.06. The van der Waals surface area contributed by atoms with Gasteiger partial charge in [0.1, 0.15) is 5.75 Å². The summed E-state index contributed by atoms with van der Waals surface area (Å²) in [6, 6.07) is 15.9. The number of hydrogen-bond acceptors (Lipinski definition) is 3. The van der Waals surface area contributed by atoms with E-state index < -0.39 is 0 Å². The highest BCUT2D eigenvalue weighted by atomic mass is 32.1. The highest BCUT2D eigenvalue weighted by Gasteiger charge is 2.01. The van der Waals surface area contributed by atoms with Crippen LogP contribution in [-0.2, 0) is 0 Å². The normalized spacial score (nSPS) is 10.0. The van der Waals surface area contributed by atoms with E-state index in [0.717, 1.165) is 35.8 Å². The van der Waals surface area contributed by atoms with E-state index >= 15 is 0 Å². The monoisotopic (exact) mass is 329 g/mol. The first-order valence-corrected chi connectivity index (χ1v) is 8.07. The second-order valence-corrected chi connectivity index (χ2v) is 5.80. The Morgan fingerprint density at radius 3 is 1.96 bits per heavy atom. The lowest BCUT2D eigenvalue weighted by Gasteiger charge is -2.14. The van der Waals surface area contributed by atoms with Crippen molar-refractivity contribution in [3.63, 3.8) is 0 Å². The molecule has 5 heteroatoms. The van der Waals surface area contributed by atoms with Gasteiger partial charge in [-0.2, -0.15) is 0 Å². The van der Waals surface area contributed by atoms with Gasteiger partial charge in [0.25, 0.3) is 0 Å². The van der Waals surface area contributed by atoms with E-state index in [1.807, 2.05) is 62.6 Å². The number of rotatable bonds is 6. The smallest absolute Gasteiger partial charge is 0.175 e. The van der Waals surface area contributed by atoms with Crippen LogP contribution in [-0.4, -0.2) is 25.8 Å². The lowest BCUT2D eigenvalue weighted by molar-refractivity contribution is 0.317. The van der Waals surface area contributed by atoms with Gasteiger partial charge in [0, 0.05) is 31.2 Å². The van der Waals surface area contributed by atoms with Crippen LogP contribution in [0.25, 0.3) is 0 Å². The van der Waals surface area contributed by atoms with E-state index in [-0.39, 0.29) is 0 Å². The maximum Gasteiger partial charge on any atom is 0.175 e. The summed E-state index contributed by atoms with van der Waals surface area (Å²) in [5.41, 5.74) is 3.03. The molecular weight excluding hydrogens is 306 g/mol. The molecule has 2 aromatic rings. The van der Waals surface area contributed by atoms with Crippen LogP contribution in [0, 0.1) is 0 Å².